The van der Waals surface area contributed by atoms with Crippen LogP contribution < -0.4 is 5.32 Å². The highest BCUT2D eigenvalue weighted by Gasteiger charge is 2.11. The van der Waals surface area contributed by atoms with Crippen molar-refractivity contribution < 1.29 is 4.92 Å². The molecule has 132 valence electrons. The van der Waals surface area contributed by atoms with Crippen molar-refractivity contribution in [2.24, 2.45) is 0 Å². The van der Waals surface area contributed by atoms with Gasteiger partial charge in [0, 0.05) is 33.8 Å². The van der Waals surface area contributed by atoms with Crippen LogP contribution in [0.3, 0.4) is 0 Å². The molecule has 0 aliphatic carbocycles. The van der Waals surface area contributed by atoms with E-state index in [0.29, 0.717) is 22.2 Å². The zero-order chi connectivity index (χ0) is 18.8. The van der Waals surface area contributed by atoms with E-state index in [2.05, 4.69) is 15.3 Å². The molecule has 0 unspecified atom stereocenters. The van der Waals surface area contributed by atoms with E-state index in [1.54, 1.807) is 24.3 Å². The number of nitro groups is 1. The molecule has 0 amide bonds. The van der Waals surface area contributed by atoms with Crippen molar-refractivity contribution in [3.05, 3.63) is 87.9 Å². The lowest BCUT2D eigenvalue weighted by molar-refractivity contribution is -0.384. The predicted octanol–water partition coefficient (Wildman–Crippen LogP) is 5.60. The van der Waals surface area contributed by atoms with E-state index in [-0.39, 0.29) is 5.69 Å². The van der Waals surface area contributed by atoms with Crippen LogP contribution in [0.5, 0.6) is 0 Å². The summed E-state index contributed by atoms with van der Waals surface area (Å²) < 4.78 is 0. The second kappa shape index (κ2) is 7.01. The molecule has 1 N–H and O–H groups in total. The first-order valence-corrected chi connectivity index (χ1v) is 8.52. The summed E-state index contributed by atoms with van der Waals surface area (Å²) in [5.74, 6) is 1.14. The largest absolute Gasteiger partial charge is 0.340 e. The van der Waals surface area contributed by atoms with Gasteiger partial charge in [0.1, 0.15) is 5.82 Å². The average molecular weight is 377 g/mol. The summed E-state index contributed by atoms with van der Waals surface area (Å²) in [4.78, 5) is 19.7. The molecule has 27 heavy (non-hydrogen) atoms. The molecular weight excluding hydrogens is 364 g/mol. The van der Waals surface area contributed by atoms with Crippen LogP contribution >= 0.6 is 11.6 Å². The third-order valence-corrected chi connectivity index (χ3v) is 4.30. The van der Waals surface area contributed by atoms with Crippen molar-refractivity contribution in [3.8, 4) is 11.4 Å². The van der Waals surface area contributed by atoms with Crippen molar-refractivity contribution in [2.75, 3.05) is 5.32 Å². The van der Waals surface area contributed by atoms with Crippen LogP contribution in [0.2, 0.25) is 5.02 Å². The van der Waals surface area contributed by atoms with E-state index >= 15 is 0 Å². The lowest BCUT2D eigenvalue weighted by Gasteiger charge is -2.11. The number of hydrogen-bond acceptors (Lipinski definition) is 5. The van der Waals surface area contributed by atoms with Gasteiger partial charge in [-0.3, -0.25) is 10.1 Å². The normalized spacial score (nSPS) is 10.7. The number of anilines is 2. The Morgan fingerprint density at radius 2 is 1.59 bits per heavy atom. The van der Waals surface area contributed by atoms with Gasteiger partial charge >= 0.3 is 0 Å². The Kier molecular flexibility index (Phi) is 4.40. The van der Waals surface area contributed by atoms with Crippen LogP contribution in [-0.4, -0.2) is 14.9 Å². The maximum atomic E-state index is 10.9. The van der Waals surface area contributed by atoms with Crippen molar-refractivity contribution >= 4 is 39.7 Å². The van der Waals surface area contributed by atoms with Crippen LogP contribution in [0.15, 0.2) is 72.8 Å². The standard InChI is InChI=1S/C20H13ClN4O2/c21-14-7-9-15(10-8-14)22-20-17-3-1-2-4-18(17)23-19(24-20)13-5-11-16(12-6-13)25(26)27/h1-12H,(H,22,23,24). The minimum Gasteiger partial charge on any atom is -0.340 e. The van der Waals surface area contributed by atoms with Gasteiger partial charge in [0.05, 0.1) is 10.4 Å². The van der Waals surface area contributed by atoms with Crippen molar-refractivity contribution in [3.63, 3.8) is 0 Å². The number of aromatic nitrogens is 2. The third-order valence-electron chi connectivity index (χ3n) is 4.05. The number of nitrogens with one attached hydrogen (secondary N) is 1. The summed E-state index contributed by atoms with van der Waals surface area (Å²) >= 11 is 5.95. The molecule has 0 bridgehead atoms. The Hall–Kier alpha value is -3.51. The van der Waals surface area contributed by atoms with Crippen LogP contribution in [-0.2, 0) is 0 Å². The minimum atomic E-state index is -0.432. The summed E-state index contributed by atoms with van der Waals surface area (Å²) in [6.45, 7) is 0. The predicted molar refractivity (Wildman–Crippen MR) is 106 cm³/mol. The molecular formula is C20H13ClN4O2. The van der Waals surface area contributed by atoms with Crippen LogP contribution in [0.1, 0.15) is 0 Å². The van der Waals surface area contributed by atoms with Crippen LogP contribution in [0.25, 0.3) is 22.3 Å². The van der Waals surface area contributed by atoms with Gasteiger partial charge < -0.3 is 5.32 Å². The molecule has 0 aliphatic heterocycles. The summed E-state index contributed by atoms with van der Waals surface area (Å²) in [5, 5.41) is 15.7. The molecule has 0 atom stereocenters. The fourth-order valence-corrected chi connectivity index (χ4v) is 2.83. The van der Waals surface area contributed by atoms with Gasteiger partial charge in [0.2, 0.25) is 0 Å². The smallest absolute Gasteiger partial charge is 0.269 e. The molecule has 1 aromatic heterocycles. The second-order valence-electron chi connectivity index (χ2n) is 5.85. The van der Waals surface area contributed by atoms with Crippen molar-refractivity contribution in [1.29, 1.82) is 0 Å². The Morgan fingerprint density at radius 1 is 0.889 bits per heavy atom. The van der Waals surface area contributed by atoms with Gasteiger partial charge in [-0.25, -0.2) is 9.97 Å². The molecule has 4 rings (SSSR count). The molecule has 7 heteroatoms. The number of benzene rings is 3. The third kappa shape index (κ3) is 3.56. The Labute approximate surface area is 159 Å². The quantitative estimate of drug-likeness (QED) is 0.370. The number of nitrogens with zero attached hydrogens (tertiary/aromatic N) is 3. The first-order chi connectivity index (χ1) is 13.1. The van der Waals surface area contributed by atoms with Gasteiger partial charge in [-0.05, 0) is 48.5 Å². The molecule has 6 nitrogen and oxygen atoms in total. The molecule has 1 heterocycles. The molecule has 3 aromatic carbocycles. The van der Waals surface area contributed by atoms with Crippen molar-refractivity contribution in [1.82, 2.24) is 9.97 Å². The Balaban J connectivity index is 1.80. The number of hydrogen-bond donors (Lipinski definition) is 1. The van der Waals surface area contributed by atoms with Gasteiger partial charge in [0.15, 0.2) is 5.82 Å². The number of fused-ring (bicyclic) bond motifs is 1. The minimum absolute atomic E-state index is 0.0269. The Morgan fingerprint density at radius 3 is 2.30 bits per heavy atom. The second-order valence-corrected chi connectivity index (χ2v) is 6.29. The first-order valence-electron chi connectivity index (χ1n) is 8.14. The van der Waals surface area contributed by atoms with Crippen LogP contribution in [0.4, 0.5) is 17.2 Å². The van der Waals surface area contributed by atoms with E-state index in [1.807, 2.05) is 36.4 Å². The molecule has 0 fully saturated rings. The number of para-hydroxylation sites is 1. The highest BCUT2D eigenvalue weighted by molar-refractivity contribution is 6.30. The number of halogens is 1. The van der Waals surface area contributed by atoms with E-state index in [1.165, 1.54) is 12.1 Å². The lowest BCUT2D eigenvalue weighted by atomic mass is 10.1. The number of non-ortho nitro benzene ring substituents is 1. The topological polar surface area (TPSA) is 81.0 Å². The molecule has 0 aliphatic rings. The molecule has 0 spiro atoms. The van der Waals surface area contributed by atoms with E-state index in [4.69, 9.17) is 11.6 Å². The van der Waals surface area contributed by atoms with E-state index < -0.39 is 4.92 Å². The molecule has 0 radical (unpaired) electrons. The zero-order valence-corrected chi connectivity index (χ0v) is 14.7. The average Bonchev–Trinajstić information content (AvgIpc) is 2.69. The fourth-order valence-electron chi connectivity index (χ4n) is 2.70. The maximum absolute atomic E-state index is 10.9. The number of nitro benzene ring substituents is 1. The van der Waals surface area contributed by atoms with Gasteiger partial charge in [-0.2, -0.15) is 0 Å². The van der Waals surface area contributed by atoms with E-state index in [0.717, 1.165) is 16.6 Å². The first kappa shape index (κ1) is 16.9. The zero-order valence-electron chi connectivity index (χ0n) is 14.0. The maximum Gasteiger partial charge on any atom is 0.269 e. The van der Waals surface area contributed by atoms with E-state index in [9.17, 15) is 10.1 Å². The van der Waals surface area contributed by atoms with Gasteiger partial charge in [0.25, 0.3) is 5.69 Å². The Bertz CT molecular complexity index is 1130. The summed E-state index contributed by atoms with van der Waals surface area (Å²) in [6.07, 6.45) is 0. The number of rotatable bonds is 4. The summed E-state index contributed by atoms with van der Waals surface area (Å²) in [6, 6.07) is 21.2. The van der Waals surface area contributed by atoms with Gasteiger partial charge in [-0.1, -0.05) is 23.7 Å². The summed E-state index contributed by atoms with van der Waals surface area (Å²) in [7, 11) is 0. The fraction of sp³-hybridized carbons (Fsp3) is 0. The molecule has 4 aromatic rings. The molecule has 0 saturated heterocycles. The summed E-state index contributed by atoms with van der Waals surface area (Å²) in [5.41, 5.74) is 2.35. The highest BCUT2D eigenvalue weighted by atomic mass is 35.5. The van der Waals surface area contributed by atoms with Crippen LogP contribution in [0, 0.1) is 10.1 Å². The molecule has 0 saturated carbocycles. The SMILES string of the molecule is O=[N+]([O-])c1ccc(-c2nc(Nc3ccc(Cl)cc3)c3ccccc3n2)cc1. The van der Waals surface area contributed by atoms with Crippen molar-refractivity contribution in [2.45, 2.75) is 0 Å². The lowest BCUT2D eigenvalue weighted by Crippen LogP contribution is -1.99. The van der Waals surface area contributed by atoms with Gasteiger partial charge in [-0.15, -0.1) is 0 Å². The highest BCUT2D eigenvalue weighted by Crippen LogP contribution is 2.28. The monoisotopic (exact) mass is 376 g/mol.